The van der Waals surface area contributed by atoms with Gasteiger partial charge in [-0.3, -0.25) is 9.35 Å². The van der Waals surface area contributed by atoms with Gasteiger partial charge in [0.25, 0.3) is 5.91 Å². The van der Waals surface area contributed by atoms with Gasteiger partial charge in [-0.05, 0) is 37.1 Å². The van der Waals surface area contributed by atoms with Gasteiger partial charge in [0.05, 0.1) is 12.1 Å². The zero-order chi connectivity index (χ0) is 19.1. The number of aliphatic imine (C=N–C) groups is 1. The fourth-order valence-electron chi connectivity index (χ4n) is 2.99. The Morgan fingerprint density at radius 3 is 2.58 bits per heavy atom. The molecule has 0 aromatic heterocycles. The van der Waals surface area contributed by atoms with Gasteiger partial charge < -0.3 is 10.6 Å². The highest BCUT2D eigenvalue weighted by molar-refractivity contribution is 7.80. The van der Waals surface area contributed by atoms with Crippen LogP contribution < -0.4 is 5.73 Å². The van der Waals surface area contributed by atoms with Crippen molar-refractivity contribution in [3.05, 3.63) is 35.6 Å². The van der Waals surface area contributed by atoms with E-state index >= 15 is 0 Å². The fourth-order valence-corrected chi connectivity index (χ4v) is 3.38. The number of urea groups is 1. The van der Waals surface area contributed by atoms with Crippen molar-refractivity contribution >= 4 is 28.2 Å². The second kappa shape index (κ2) is 6.63. The van der Waals surface area contributed by atoms with E-state index in [1.54, 1.807) is 0 Å². The summed E-state index contributed by atoms with van der Waals surface area (Å²) in [5.41, 5.74) is 6.00. The Morgan fingerprint density at radius 2 is 1.96 bits per heavy atom. The first-order chi connectivity index (χ1) is 12.2. The summed E-state index contributed by atoms with van der Waals surface area (Å²) in [6.07, 6.45) is 0.664. The molecule has 3 amide bonds. The molecule has 0 saturated carbocycles. The summed E-state index contributed by atoms with van der Waals surface area (Å²) in [4.78, 5) is 29.4. The summed E-state index contributed by atoms with van der Waals surface area (Å²) in [6.45, 7) is 0.111. The number of hydrogen-bond acceptors (Lipinski definition) is 5. The lowest BCUT2D eigenvalue weighted by Gasteiger charge is -2.29. The zero-order valence-corrected chi connectivity index (χ0v) is 14.1. The van der Waals surface area contributed by atoms with Gasteiger partial charge in [0.15, 0.2) is 0 Å². The summed E-state index contributed by atoms with van der Waals surface area (Å²) in [7, 11) is -4.84. The van der Waals surface area contributed by atoms with Crippen molar-refractivity contribution in [1.82, 2.24) is 9.96 Å². The minimum Gasteiger partial charge on any atom is -0.385 e. The van der Waals surface area contributed by atoms with E-state index in [1.165, 1.54) is 17.0 Å². The lowest BCUT2D eigenvalue weighted by atomic mass is 10.00. The number of hydroxylamine groups is 2. The Balaban J connectivity index is 1.77. The van der Waals surface area contributed by atoms with E-state index in [2.05, 4.69) is 9.28 Å². The molecule has 0 radical (unpaired) electrons. The van der Waals surface area contributed by atoms with Crippen LogP contribution in [0.5, 0.6) is 0 Å². The minimum atomic E-state index is -4.84. The Labute approximate surface area is 147 Å². The Hall–Kier alpha value is -2.57. The van der Waals surface area contributed by atoms with E-state index in [9.17, 15) is 22.4 Å². The number of fused-ring (bicyclic) bond motifs is 2. The molecular weight excluding hydrogens is 371 g/mol. The normalized spacial score (nSPS) is 23.5. The summed E-state index contributed by atoms with van der Waals surface area (Å²) in [5, 5.41) is 0.574. The number of amides is 3. The number of nitrogens with two attached hydrogens (primary N) is 1. The van der Waals surface area contributed by atoms with E-state index in [0.717, 1.165) is 12.1 Å². The van der Waals surface area contributed by atoms with Gasteiger partial charge in [0.2, 0.25) is 0 Å². The van der Waals surface area contributed by atoms with Crippen molar-refractivity contribution in [2.75, 3.05) is 6.54 Å². The van der Waals surface area contributed by atoms with Gasteiger partial charge in [-0.25, -0.2) is 9.18 Å². The monoisotopic (exact) mass is 386 g/mol. The van der Waals surface area contributed by atoms with Crippen molar-refractivity contribution in [1.29, 1.82) is 0 Å². The molecule has 2 atom stereocenters. The number of amidine groups is 1. The molecule has 2 aliphatic rings. The number of hydrogen-bond donors (Lipinski definition) is 2. The van der Waals surface area contributed by atoms with Gasteiger partial charge in [0.1, 0.15) is 11.7 Å². The molecular formula is C14H15FN4O6S. The third-order valence-corrected chi connectivity index (χ3v) is 4.51. The first kappa shape index (κ1) is 18.2. The maximum absolute atomic E-state index is 12.9. The molecule has 2 saturated heterocycles. The number of carbonyl (C=O) groups excluding carboxylic acids is 2. The molecule has 12 heteroatoms. The second-order valence-corrected chi connectivity index (χ2v) is 6.86. The maximum Gasteiger partial charge on any atom is 0.418 e. The van der Waals surface area contributed by atoms with Gasteiger partial charge in [-0.1, -0.05) is 0 Å². The van der Waals surface area contributed by atoms with Crippen LogP contribution in [0.4, 0.5) is 9.18 Å². The van der Waals surface area contributed by atoms with Crippen LogP contribution in [0.15, 0.2) is 29.3 Å². The van der Waals surface area contributed by atoms with Crippen LogP contribution >= 0.6 is 0 Å². The third-order valence-electron chi connectivity index (χ3n) is 4.16. The fraction of sp³-hybridized carbons (Fsp3) is 0.357. The van der Waals surface area contributed by atoms with Gasteiger partial charge in [-0.15, -0.1) is 4.28 Å². The Bertz CT molecular complexity index is 872. The minimum absolute atomic E-state index is 0.111. The summed E-state index contributed by atoms with van der Waals surface area (Å²) in [5.74, 6) is -1.32. The molecule has 2 aliphatic heterocycles. The molecule has 2 unspecified atom stereocenters. The SMILES string of the molecule is NC(=NC(=O)c1ccc(F)cc1)C1CCC2CN1C(=O)N2OS(=O)(=O)O. The number of carbonyl (C=O) groups is 2. The number of nitrogens with zero attached hydrogens (tertiary/aromatic N) is 3. The lowest BCUT2D eigenvalue weighted by Crippen LogP contribution is -2.48. The highest BCUT2D eigenvalue weighted by Gasteiger charge is 2.48. The lowest BCUT2D eigenvalue weighted by molar-refractivity contribution is -0.0316. The van der Waals surface area contributed by atoms with E-state index in [1.807, 2.05) is 0 Å². The number of benzene rings is 1. The molecule has 3 rings (SSSR count). The van der Waals surface area contributed by atoms with Crippen LogP contribution in [0.25, 0.3) is 0 Å². The highest BCUT2D eigenvalue weighted by atomic mass is 32.3. The van der Waals surface area contributed by atoms with E-state index in [0.29, 0.717) is 17.9 Å². The average molecular weight is 386 g/mol. The predicted octanol–water partition coefficient (Wildman–Crippen LogP) is 0.326. The molecule has 1 aromatic carbocycles. The molecule has 1 aromatic rings. The molecule has 26 heavy (non-hydrogen) atoms. The summed E-state index contributed by atoms with van der Waals surface area (Å²) < 4.78 is 47.7. The quantitative estimate of drug-likeness (QED) is 0.431. The first-order valence-electron chi connectivity index (χ1n) is 7.56. The van der Waals surface area contributed by atoms with Gasteiger partial charge in [0, 0.05) is 12.1 Å². The van der Waals surface area contributed by atoms with Crippen molar-refractivity contribution in [2.24, 2.45) is 10.7 Å². The van der Waals surface area contributed by atoms with Crippen LogP contribution in [-0.2, 0) is 14.7 Å². The first-order valence-corrected chi connectivity index (χ1v) is 8.93. The second-order valence-electron chi connectivity index (χ2n) is 5.86. The Morgan fingerprint density at radius 1 is 1.31 bits per heavy atom. The maximum atomic E-state index is 12.9. The predicted molar refractivity (Wildman–Crippen MR) is 85.7 cm³/mol. The molecule has 140 valence electrons. The third kappa shape index (κ3) is 3.66. The van der Waals surface area contributed by atoms with Gasteiger partial charge in [-0.2, -0.15) is 18.5 Å². The molecule has 0 aliphatic carbocycles. The van der Waals surface area contributed by atoms with Crippen molar-refractivity contribution in [2.45, 2.75) is 24.9 Å². The molecule has 2 bridgehead atoms. The molecule has 2 fully saturated rings. The van der Waals surface area contributed by atoms with E-state index < -0.39 is 40.2 Å². The molecule has 2 heterocycles. The zero-order valence-electron chi connectivity index (χ0n) is 13.3. The average Bonchev–Trinajstić information content (AvgIpc) is 2.79. The van der Waals surface area contributed by atoms with Crippen molar-refractivity contribution in [3.63, 3.8) is 0 Å². The topological polar surface area (TPSA) is 143 Å². The summed E-state index contributed by atoms with van der Waals surface area (Å²) in [6, 6.07) is 2.64. The van der Waals surface area contributed by atoms with Crippen LogP contribution in [0, 0.1) is 5.82 Å². The van der Waals surface area contributed by atoms with Crippen molar-refractivity contribution in [3.8, 4) is 0 Å². The smallest absolute Gasteiger partial charge is 0.385 e. The number of rotatable bonds is 4. The molecule has 10 nitrogen and oxygen atoms in total. The van der Waals surface area contributed by atoms with Crippen molar-refractivity contribution < 1.29 is 31.2 Å². The van der Waals surface area contributed by atoms with E-state index in [-0.39, 0.29) is 17.9 Å². The summed E-state index contributed by atoms with van der Waals surface area (Å²) >= 11 is 0. The van der Waals surface area contributed by atoms with Gasteiger partial charge >= 0.3 is 16.4 Å². The van der Waals surface area contributed by atoms with Crippen LogP contribution in [0.3, 0.4) is 0 Å². The standard InChI is InChI=1S/C14H15FN4O6S/c15-9-3-1-8(2-4-9)13(20)17-12(16)11-6-5-10-7-18(11)14(21)19(10)25-26(22,23)24/h1-4,10-11H,5-7H2,(H2,16,17,20)(H,22,23,24). The number of piperidine rings is 1. The van der Waals surface area contributed by atoms with Crippen LogP contribution in [-0.4, -0.2) is 59.3 Å². The van der Waals surface area contributed by atoms with Crippen LogP contribution in [0.2, 0.25) is 0 Å². The Kier molecular flexibility index (Phi) is 4.64. The largest absolute Gasteiger partial charge is 0.418 e. The highest BCUT2D eigenvalue weighted by Crippen LogP contribution is 2.30. The molecule has 3 N–H and O–H groups in total. The van der Waals surface area contributed by atoms with Crippen LogP contribution in [0.1, 0.15) is 23.2 Å². The van der Waals surface area contributed by atoms with E-state index in [4.69, 9.17) is 10.3 Å². The number of halogens is 1. The molecule has 0 spiro atoms.